The van der Waals surface area contributed by atoms with Crippen LogP contribution in [0.1, 0.15) is 25.8 Å². The lowest BCUT2D eigenvalue weighted by Crippen LogP contribution is -2.07. The Morgan fingerprint density at radius 2 is 2.05 bits per heavy atom. The molecule has 0 atom stereocenters. The SMILES string of the molecule is CCCNc1ncnc(Sc2nnc(N(C)C)s2)c1CC. The van der Waals surface area contributed by atoms with E-state index in [1.54, 1.807) is 29.4 Å². The van der Waals surface area contributed by atoms with Crippen LogP contribution in [-0.2, 0) is 6.42 Å². The lowest BCUT2D eigenvalue weighted by molar-refractivity contribution is 0.908. The number of hydrogen-bond acceptors (Lipinski definition) is 8. The predicted octanol–water partition coefficient (Wildman–Crippen LogP) is 2.93. The first-order chi connectivity index (χ1) is 10.2. The predicted molar refractivity (Wildman–Crippen MR) is 88.5 cm³/mol. The molecule has 0 unspecified atom stereocenters. The van der Waals surface area contributed by atoms with Crippen LogP contribution in [0.2, 0.25) is 0 Å². The van der Waals surface area contributed by atoms with Crippen LogP contribution in [0.5, 0.6) is 0 Å². The first-order valence-corrected chi connectivity index (χ1v) is 8.55. The minimum atomic E-state index is 0.883. The van der Waals surface area contributed by atoms with E-state index in [0.717, 1.165) is 45.3 Å². The van der Waals surface area contributed by atoms with Crippen LogP contribution in [0.4, 0.5) is 10.9 Å². The van der Waals surface area contributed by atoms with E-state index in [2.05, 4.69) is 39.3 Å². The second-order valence-electron chi connectivity index (χ2n) is 4.63. The van der Waals surface area contributed by atoms with Crippen molar-refractivity contribution in [3.8, 4) is 0 Å². The smallest absolute Gasteiger partial charge is 0.208 e. The molecule has 2 rings (SSSR count). The lowest BCUT2D eigenvalue weighted by atomic mass is 10.2. The third kappa shape index (κ3) is 4.04. The molecule has 1 N–H and O–H groups in total. The summed E-state index contributed by atoms with van der Waals surface area (Å²) in [4.78, 5) is 10.7. The van der Waals surface area contributed by atoms with Crippen molar-refractivity contribution in [2.45, 2.75) is 36.1 Å². The summed E-state index contributed by atoms with van der Waals surface area (Å²) < 4.78 is 0.897. The van der Waals surface area contributed by atoms with Gasteiger partial charge in [-0.15, -0.1) is 10.2 Å². The first-order valence-electron chi connectivity index (χ1n) is 6.92. The van der Waals surface area contributed by atoms with Crippen molar-refractivity contribution >= 4 is 34.0 Å². The van der Waals surface area contributed by atoms with E-state index >= 15 is 0 Å². The van der Waals surface area contributed by atoms with Gasteiger partial charge in [0.25, 0.3) is 0 Å². The summed E-state index contributed by atoms with van der Waals surface area (Å²) >= 11 is 3.12. The highest BCUT2D eigenvalue weighted by molar-refractivity contribution is 8.01. The van der Waals surface area contributed by atoms with Crippen molar-refractivity contribution in [3.05, 3.63) is 11.9 Å². The van der Waals surface area contributed by atoms with Gasteiger partial charge in [0.1, 0.15) is 17.2 Å². The molecule has 0 amide bonds. The Balaban J connectivity index is 2.21. The van der Waals surface area contributed by atoms with Crippen molar-refractivity contribution < 1.29 is 0 Å². The van der Waals surface area contributed by atoms with E-state index < -0.39 is 0 Å². The largest absolute Gasteiger partial charge is 0.370 e. The minimum absolute atomic E-state index is 0.883. The molecular formula is C13H20N6S2. The molecule has 0 aliphatic rings. The molecule has 0 fully saturated rings. The summed E-state index contributed by atoms with van der Waals surface area (Å²) in [6.45, 7) is 5.17. The van der Waals surface area contributed by atoms with Crippen molar-refractivity contribution in [1.82, 2.24) is 20.2 Å². The number of nitrogens with zero attached hydrogens (tertiary/aromatic N) is 5. The van der Waals surface area contributed by atoms with Gasteiger partial charge in [-0.3, -0.25) is 0 Å². The van der Waals surface area contributed by atoms with E-state index in [1.165, 1.54) is 0 Å². The van der Waals surface area contributed by atoms with Crippen LogP contribution >= 0.6 is 23.1 Å². The molecule has 114 valence electrons. The van der Waals surface area contributed by atoms with Gasteiger partial charge in [0.2, 0.25) is 5.13 Å². The average molecular weight is 324 g/mol. The number of hydrogen-bond donors (Lipinski definition) is 1. The zero-order valence-corrected chi connectivity index (χ0v) is 14.4. The topological polar surface area (TPSA) is 66.8 Å². The third-order valence-corrected chi connectivity index (χ3v) is 4.95. The first kappa shape index (κ1) is 16.0. The minimum Gasteiger partial charge on any atom is -0.370 e. The van der Waals surface area contributed by atoms with Gasteiger partial charge in [0, 0.05) is 26.2 Å². The van der Waals surface area contributed by atoms with Crippen LogP contribution in [0, 0.1) is 0 Å². The van der Waals surface area contributed by atoms with E-state index in [9.17, 15) is 0 Å². The molecule has 2 heterocycles. The molecule has 0 spiro atoms. The molecule has 0 saturated heterocycles. The van der Waals surface area contributed by atoms with Gasteiger partial charge in [-0.05, 0) is 24.6 Å². The fourth-order valence-corrected chi connectivity index (χ4v) is 3.55. The highest BCUT2D eigenvalue weighted by Crippen LogP contribution is 2.35. The molecule has 6 nitrogen and oxygen atoms in total. The van der Waals surface area contributed by atoms with Crippen molar-refractivity contribution in [2.75, 3.05) is 30.9 Å². The zero-order valence-electron chi connectivity index (χ0n) is 12.8. The molecule has 0 aliphatic heterocycles. The fourth-order valence-electron chi connectivity index (χ4n) is 1.71. The molecule has 21 heavy (non-hydrogen) atoms. The fraction of sp³-hybridized carbons (Fsp3) is 0.538. The maximum Gasteiger partial charge on any atom is 0.208 e. The highest BCUT2D eigenvalue weighted by atomic mass is 32.2. The van der Waals surface area contributed by atoms with Gasteiger partial charge >= 0.3 is 0 Å². The second kappa shape index (κ2) is 7.56. The van der Waals surface area contributed by atoms with Gasteiger partial charge in [0.15, 0.2) is 4.34 Å². The van der Waals surface area contributed by atoms with Gasteiger partial charge in [-0.1, -0.05) is 25.2 Å². The van der Waals surface area contributed by atoms with Crippen molar-refractivity contribution in [2.24, 2.45) is 0 Å². The average Bonchev–Trinajstić information content (AvgIpc) is 2.94. The van der Waals surface area contributed by atoms with Crippen LogP contribution < -0.4 is 10.2 Å². The highest BCUT2D eigenvalue weighted by Gasteiger charge is 2.14. The van der Waals surface area contributed by atoms with Crippen molar-refractivity contribution in [3.63, 3.8) is 0 Å². The standard InChI is InChI=1S/C13H20N6S2/c1-5-7-14-10-9(6-2)11(16-8-15-10)20-13-18-17-12(21-13)19(3)4/h8H,5-7H2,1-4H3,(H,14,15,16). The lowest BCUT2D eigenvalue weighted by Gasteiger charge is -2.11. The Labute approximate surface area is 133 Å². The van der Waals surface area contributed by atoms with E-state index in [1.807, 2.05) is 19.0 Å². The maximum absolute atomic E-state index is 4.40. The molecule has 0 aromatic carbocycles. The quantitative estimate of drug-likeness (QED) is 0.785. The summed E-state index contributed by atoms with van der Waals surface area (Å²) in [5, 5.41) is 13.6. The van der Waals surface area contributed by atoms with Crippen LogP contribution in [0.15, 0.2) is 15.7 Å². The Morgan fingerprint density at radius 3 is 2.67 bits per heavy atom. The van der Waals surface area contributed by atoms with E-state index in [-0.39, 0.29) is 0 Å². The molecular weight excluding hydrogens is 304 g/mol. The number of aromatic nitrogens is 4. The summed E-state index contributed by atoms with van der Waals surface area (Å²) in [6, 6.07) is 0. The Morgan fingerprint density at radius 1 is 1.24 bits per heavy atom. The maximum atomic E-state index is 4.40. The number of nitrogens with one attached hydrogen (secondary N) is 1. The van der Waals surface area contributed by atoms with E-state index in [4.69, 9.17) is 0 Å². The van der Waals surface area contributed by atoms with E-state index in [0.29, 0.717) is 0 Å². The van der Waals surface area contributed by atoms with Crippen LogP contribution in [0.25, 0.3) is 0 Å². The molecule has 0 bridgehead atoms. The summed E-state index contributed by atoms with van der Waals surface area (Å²) in [7, 11) is 3.92. The molecule has 0 aliphatic carbocycles. The molecule has 2 aromatic heterocycles. The van der Waals surface area contributed by atoms with Gasteiger partial charge in [0.05, 0.1) is 0 Å². The molecule has 0 saturated carbocycles. The Bertz CT molecular complexity index is 584. The summed E-state index contributed by atoms with van der Waals surface area (Å²) in [5.41, 5.74) is 1.14. The second-order valence-corrected chi connectivity index (χ2v) is 6.83. The van der Waals surface area contributed by atoms with Gasteiger partial charge < -0.3 is 10.2 Å². The van der Waals surface area contributed by atoms with Crippen LogP contribution in [0.3, 0.4) is 0 Å². The summed E-state index contributed by atoms with van der Waals surface area (Å²) in [6.07, 6.45) is 3.56. The normalized spacial score (nSPS) is 10.7. The molecule has 2 aromatic rings. The Hall–Kier alpha value is -1.41. The van der Waals surface area contributed by atoms with Crippen LogP contribution in [-0.4, -0.2) is 40.8 Å². The van der Waals surface area contributed by atoms with Gasteiger partial charge in [-0.25, -0.2) is 9.97 Å². The summed E-state index contributed by atoms with van der Waals surface area (Å²) in [5.74, 6) is 0.925. The van der Waals surface area contributed by atoms with Crippen molar-refractivity contribution in [1.29, 1.82) is 0 Å². The third-order valence-electron chi connectivity index (χ3n) is 2.76. The molecule has 8 heteroatoms. The van der Waals surface area contributed by atoms with Gasteiger partial charge in [-0.2, -0.15) is 0 Å². The monoisotopic (exact) mass is 324 g/mol. The Kier molecular flexibility index (Phi) is 5.75. The molecule has 0 radical (unpaired) electrons. The number of anilines is 2. The number of rotatable bonds is 7. The zero-order chi connectivity index (χ0) is 15.2.